The number of nitrogens with zero attached hydrogens (tertiary/aromatic N) is 1. The molecule has 0 spiro atoms. The smallest absolute Gasteiger partial charge is 0.264 e. The molecule has 0 aromatic heterocycles. The van der Waals surface area contributed by atoms with Crippen molar-refractivity contribution in [3.63, 3.8) is 0 Å². The molecular formula is C13H14BrNO6S. The lowest BCUT2D eigenvalue weighted by atomic mass is 9.90. The summed E-state index contributed by atoms with van der Waals surface area (Å²) in [6, 6.07) is 3.63. The fourth-order valence-electron chi connectivity index (χ4n) is 2.40. The van der Waals surface area contributed by atoms with Gasteiger partial charge in [0.25, 0.3) is 10.1 Å². The van der Waals surface area contributed by atoms with Gasteiger partial charge in [0.1, 0.15) is 30.4 Å². The van der Waals surface area contributed by atoms with Gasteiger partial charge in [-0.3, -0.25) is 4.18 Å². The van der Waals surface area contributed by atoms with E-state index in [4.69, 9.17) is 18.5 Å². The Morgan fingerprint density at radius 3 is 2.91 bits per heavy atom. The van der Waals surface area contributed by atoms with E-state index in [1.54, 1.807) is 7.11 Å². The number of rotatable bonds is 4. The molecule has 0 saturated heterocycles. The third-order valence-corrected chi connectivity index (χ3v) is 4.67. The highest BCUT2D eigenvalue weighted by Gasteiger charge is 2.40. The quantitative estimate of drug-likeness (QED) is 0.723. The molecule has 0 radical (unpaired) electrons. The monoisotopic (exact) mass is 391 g/mol. The number of hydrogen-bond donors (Lipinski definition) is 0. The Morgan fingerprint density at radius 2 is 2.23 bits per heavy atom. The summed E-state index contributed by atoms with van der Waals surface area (Å²) in [7, 11) is -1.95. The predicted molar refractivity (Wildman–Crippen MR) is 81.9 cm³/mol. The SMILES string of the molecule is COc1cc2c(cc1Br)OC[C@H]1C2=NOC1COS(C)(=O)=O. The Hall–Kier alpha value is -1.32. The lowest BCUT2D eigenvalue weighted by Gasteiger charge is -2.25. The van der Waals surface area contributed by atoms with Crippen molar-refractivity contribution in [2.75, 3.05) is 26.6 Å². The van der Waals surface area contributed by atoms with Crippen LogP contribution in [0.15, 0.2) is 21.8 Å². The summed E-state index contributed by atoms with van der Waals surface area (Å²) >= 11 is 3.40. The molecule has 0 aliphatic carbocycles. The summed E-state index contributed by atoms with van der Waals surface area (Å²) in [6.07, 6.45) is 0.506. The molecule has 1 aromatic carbocycles. The topological polar surface area (TPSA) is 83.4 Å². The van der Waals surface area contributed by atoms with Gasteiger partial charge in [-0.2, -0.15) is 8.42 Å². The molecule has 2 aliphatic rings. The van der Waals surface area contributed by atoms with Crippen LogP contribution >= 0.6 is 15.9 Å². The number of oxime groups is 1. The van der Waals surface area contributed by atoms with E-state index in [-0.39, 0.29) is 12.5 Å². The maximum absolute atomic E-state index is 11.1. The van der Waals surface area contributed by atoms with E-state index in [0.29, 0.717) is 23.8 Å². The molecule has 0 N–H and O–H groups in total. The van der Waals surface area contributed by atoms with Crippen molar-refractivity contribution in [2.24, 2.45) is 11.1 Å². The van der Waals surface area contributed by atoms with E-state index >= 15 is 0 Å². The van der Waals surface area contributed by atoms with Crippen LogP contribution < -0.4 is 9.47 Å². The molecule has 3 rings (SSSR count). The number of methoxy groups -OCH3 is 1. The maximum Gasteiger partial charge on any atom is 0.264 e. The van der Waals surface area contributed by atoms with E-state index in [1.807, 2.05) is 12.1 Å². The highest BCUT2D eigenvalue weighted by molar-refractivity contribution is 9.10. The lowest BCUT2D eigenvalue weighted by Crippen LogP contribution is -2.36. The second-order valence-corrected chi connectivity index (χ2v) is 7.51. The summed E-state index contributed by atoms with van der Waals surface area (Å²) in [6.45, 7) is 0.255. The van der Waals surface area contributed by atoms with Crippen molar-refractivity contribution in [1.29, 1.82) is 0 Å². The third kappa shape index (κ3) is 2.92. The highest BCUT2D eigenvalue weighted by atomic mass is 79.9. The van der Waals surface area contributed by atoms with Gasteiger partial charge >= 0.3 is 0 Å². The maximum atomic E-state index is 11.1. The third-order valence-electron chi connectivity index (χ3n) is 3.48. The van der Waals surface area contributed by atoms with Crippen LogP contribution in [0.2, 0.25) is 0 Å². The summed E-state index contributed by atoms with van der Waals surface area (Å²) in [5.74, 6) is 1.15. The minimum Gasteiger partial charge on any atom is -0.496 e. The molecule has 2 heterocycles. The molecule has 0 saturated carbocycles. The molecule has 2 atom stereocenters. The first kappa shape index (κ1) is 15.6. The van der Waals surface area contributed by atoms with Gasteiger partial charge in [-0.25, -0.2) is 0 Å². The molecule has 1 aromatic rings. The van der Waals surface area contributed by atoms with Crippen LogP contribution in [0.3, 0.4) is 0 Å². The minimum atomic E-state index is -3.52. The number of ether oxygens (including phenoxy) is 2. The predicted octanol–water partition coefficient (Wildman–Crippen LogP) is 1.55. The standard InChI is InChI=1S/C13H14BrNO6S/c1-18-11-3-7-10(4-9(11)14)19-5-8-12(21-15-13(7)8)6-20-22(2,16)17/h3-4,8,12H,5-6H2,1-2H3/t8-,12?/m1/s1. The van der Waals surface area contributed by atoms with Gasteiger partial charge in [-0.05, 0) is 28.1 Å². The molecule has 22 heavy (non-hydrogen) atoms. The summed E-state index contributed by atoms with van der Waals surface area (Å²) in [5.41, 5.74) is 1.49. The van der Waals surface area contributed by atoms with Crippen LogP contribution in [0.5, 0.6) is 11.5 Å². The summed E-state index contributed by atoms with van der Waals surface area (Å²) in [4.78, 5) is 5.32. The summed E-state index contributed by atoms with van der Waals surface area (Å²) in [5, 5.41) is 4.08. The lowest BCUT2D eigenvalue weighted by molar-refractivity contribution is 0.0175. The first-order valence-corrected chi connectivity index (χ1v) is 9.09. The largest absolute Gasteiger partial charge is 0.496 e. The second kappa shape index (κ2) is 5.71. The number of benzene rings is 1. The molecule has 1 unspecified atom stereocenters. The van der Waals surface area contributed by atoms with Crippen LogP contribution in [0, 0.1) is 5.92 Å². The van der Waals surface area contributed by atoms with Crippen molar-refractivity contribution < 1.29 is 26.9 Å². The van der Waals surface area contributed by atoms with Gasteiger partial charge in [0, 0.05) is 5.56 Å². The average molecular weight is 392 g/mol. The number of halogens is 1. The highest BCUT2D eigenvalue weighted by Crippen LogP contribution is 2.39. The fraction of sp³-hybridized carbons (Fsp3) is 0.462. The van der Waals surface area contributed by atoms with Crippen LogP contribution in [0.4, 0.5) is 0 Å². The zero-order chi connectivity index (χ0) is 15.9. The van der Waals surface area contributed by atoms with Crippen molar-refractivity contribution >= 4 is 31.8 Å². The molecule has 120 valence electrons. The van der Waals surface area contributed by atoms with Crippen LogP contribution in [0.25, 0.3) is 0 Å². The Morgan fingerprint density at radius 1 is 1.45 bits per heavy atom. The van der Waals surface area contributed by atoms with E-state index in [2.05, 4.69) is 21.1 Å². The fourth-order valence-corrected chi connectivity index (χ4v) is 3.27. The van der Waals surface area contributed by atoms with Crippen molar-refractivity contribution in [3.05, 3.63) is 22.2 Å². The normalized spacial score (nSPS) is 23.0. The van der Waals surface area contributed by atoms with E-state index in [0.717, 1.165) is 16.3 Å². The zero-order valence-electron chi connectivity index (χ0n) is 11.9. The Labute approximate surface area is 136 Å². The van der Waals surface area contributed by atoms with Gasteiger partial charge in [0.05, 0.1) is 23.8 Å². The van der Waals surface area contributed by atoms with Crippen molar-refractivity contribution in [3.8, 4) is 11.5 Å². The minimum absolute atomic E-state index is 0.0944. The van der Waals surface area contributed by atoms with Gasteiger partial charge < -0.3 is 14.3 Å². The first-order valence-electron chi connectivity index (χ1n) is 6.48. The van der Waals surface area contributed by atoms with Crippen LogP contribution in [-0.2, 0) is 19.1 Å². The Balaban J connectivity index is 1.84. The van der Waals surface area contributed by atoms with Crippen molar-refractivity contribution in [2.45, 2.75) is 6.10 Å². The van der Waals surface area contributed by atoms with Gasteiger partial charge in [0.2, 0.25) is 0 Å². The van der Waals surface area contributed by atoms with E-state index in [1.165, 1.54) is 0 Å². The molecule has 2 aliphatic heterocycles. The van der Waals surface area contributed by atoms with Gasteiger partial charge in [-0.15, -0.1) is 0 Å². The molecule has 0 amide bonds. The van der Waals surface area contributed by atoms with Gasteiger partial charge in [-0.1, -0.05) is 5.16 Å². The van der Waals surface area contributed by atoms with Crippen LogP contribution in [-0.4, -0.2) is 46.8 Å². The van der Waals surface area contributed by atoms with E-state index in [9.17, 15) is 8.42 Å². The summed E-state index contributed by atoms with van der Waals surface area (Å²) < 4.78 is 38.8. The number of hydrogen-bond acceptors (Lipinski definition) is 7. The molecule has 9 heteroatoms. The zero-order valence-corrected chi connectivity index (χ0v) is 14.3. The molecule has 0 bridgehead atoms. The molecular weight excluding hydrogens is 378 g/mol. The Kier molecular flexibility index (Phi) is 4.04. The van der Waals surface area contributed by atoms with Crippen LogP contribution in [0.1, 0.15) is 5.56 Å². The molecule has 7 nitrogen and oxygen atoms in total. The first-order chi connectivity index (χ1) is 10.4. The van der Waals surface area contributed by atoms with Gasteiger partial charge in [0.15, 0.2) is 6.10 Å². The Bertz CT molecular complexity index is 732. The molecule has 0 fully saturated rings. The average Bonchev–Trinajstić information content (AvgIpc) is 2.87. The van der Waals surface area contributed by atoms with E-state index < -0.39 is 16.2 Å². The second-order valence-electron chi connectivity index (χ2n) is 5.01. The number of fused-ring (bicyclic) bond motifs is 3. The van der Waals surface area contributed by atoms with Crippen molar-refractivity contribution in [1.82, 2.24) is 0 Å².